The molecule has 4 heterocycles. The normalized spacial score (nSPS) is 15.9. The van der Waals surface area contributed by atoms with Gasteiger partial charge in [0.05, 0.1) is 74.4 Å². The van der Waals surface area contributed by atoms with Crippen LogP contribution in [0.2, 0.25) is 0 Å². The Hall–Kier alpha value is -7.91. The number of ether oxygens (including phenoxy) is 6. The van der Waals surface area contributed by atoms with E-state index in [9.17, 15) is 4.79 Å². The van der Waals surface area contributed by atoms with Crippen molar-refractivity contribution in [2.75, 3.05) is 100 Å². The second-order valence-corrected chi connectivity index (χ2v) is 17.2. The standard InChI is InChI=1S/C27H34N6O3.C26H31N7O4/c1-3-14-35-18-33-13-15-34-17-21(16-33)32-27-24(26(29)30-19(2)31-27)25(28)20-9-11-23(12-10-20)36-22-7-5-4-6-8-22;1-2-13-36-26(34)33-12-14-35-16-18(15-33)30-24-21(23(28)31-25(29)32-24)22(27)17-8-10-20(11-9-17)37-19-6-4-3-5-7-19/h4-12,21,28H,3,13-18H2,1-2H3,(H3,29,30,31,32);3-11,18,27H,2,12-16H2,1H3,(H5,28,29,30,31,32). The number of nitrogen functional groups attached to an aromatic ring is 3. The van der Waals surface area contributed by atoms with Crippen LogP contribution < -0.4 is 37.3 Å². The van der Waals surface area contributed by atoms with Crippen LogP contribution in [0.1, 0.15) is 54.8 Å². The molecule has 2 unspecified atom stereocenters. The van der Waals surface area contributed by atoms with Gasteiger partial charge < -0.3 is 61.2 Å². The van der Waals surface area contributed by atoms with Crippen LogP contribution in [0.25, 0.3) is 0 Å². The molecule has 6 aromatic rings. The Labute approximate surface area is 425 Å². The number of nitrogens with two attached hydrogens (primary N) is 3. The van der Waals surface area contributed by atoms with Crippen molar-refractivity contribution in [3.63, 3.8) is 0 Å². The van der Waals surface area contributed by atoms with Crippen molar-refractivity contribution in [1.82, 2.24) is 29.7 Å². The molecule has 20 heteroatoms. The number of hydrogen-bond donors (Lipinski definition) is 7. The molecular formula is C53H65N13O7. The van der Waals surface area contributed by atoms with Gasteiger partial charge in [-0.1, -0.05) is 50.2 Å². The number of rotatable bonds is 18. The van der Waals surface area contributed by atoms with Gasteiger partial charge in [-0.25, -0.2) is 14.8 Å². The zero-order valence-corrected chi connectivity index (χ0v) is 41.5. The fraction of sp³-hybridized carbons (Fsp3) is 0.340. The van der Waals surface area contributed by atoms with Gasteiger partial charge in [-0.3, -0.25) is 15.7 Å². The summed E-state index contributed by atoms with van der Waals surface area (Å²) in [6, 6.07) is 33.1. The van der Waals surface area contributed by atoms with E-state index in [0.29, 0.717) is 104 Å². The van der Waals surface area contributed by atoms with E-state index in [1.54, 1.807) is 36.1 Å². The highest BCUT2D eigenvalue weighted by molar-refractivity contribution is 6.17. The second-order valence-electron chi connectivity index (χ2n) is 17.2. The molecule has 2 atom stereocenters. The highest BCUT2D eigenvalue weighted by atomic mass is 16.6. The zero-order chi connectivity index (χ0) is 51.5. The number of anilines is 5. The summed E-state index contributed by atoms with van der Waals surface area (Å²) in [5.41, 5.74) is 20.8. The van der Waals surface area contributed by atoms with E-state index in [-0.39, 0.29) is 46.9 Å². The molecule has 0 aliphatic carbocycles. The summed E-state index contributed by atoms with van der Waals surface area (Å²) in [7, 11) is 0. The van der Waals surface area contributed by atoms with Crippen molar-refractivity contribution in [3.8, 4) is 23.0 Å². The van der Waals surface area contributed by atoms with Crippen molar-refractivity contribution in [1.29, 1.82) is 10.8 Å². The molecule has 10 N–H and O–H groups in total. The molecule has 4 aromatic carbocycles. The number of hydrogen-bond acceptors (Lipinski definition) is 19. The Morgan fingerprint density at radius 3 is 1.68 bits per heavy atom. The molecule has 2 fully saturated rings. The highest BCUT2D eigenvalue weighted by Crippen LogP contribution is 2.29. The summed E-state index contributed by atoms with van der Waals surface area (Å²) >= 11 is 0. The van der Waals surface area contributed by atoms with Crippen LogP contribution in [0.4, 0.5) is 34.0 Å². The number of carbonyl (C=O) groups is 1. The first-order chi connectivity index (χ1) is 35.5. The molecule has 1 amide bonds. The van der Waals surface area contributed by atoms with Gasteiger partial charge in [0, 0.05) is 43.9 Å². The SMILES string of the molecule is CCCOC(=O)N1CCOCC(Nc2nc(N)nc(N)c2C(=N)c2ccc(Oc3ccccc3)cc2)C1.CCCOCN1CCOCC(Nc2nc(C)nc(N)c2C(=N)c2ccc(Oc3ccccc3)cc2)C1. The molecule has 20 nitrogen and oxygen atoms in total. The first-order valence-corrected chi connectivity index (χ1v) is 24.3. The van der Waals surface area contributed by atoms with Crippen molar-refractivity contribution < 1.29 is 33.2 Å². The number of para-hydroxylation sites is 2. The fourth-order valence-corrected chi connectivity index (χ4v) is 7.86. The summed E-state index contributed by atoms with van der Waals surface area (Å²) < 4.78 is 34.2. The molecular weight excluding hydrogens is 931 g/mol. The average molecular weight is 996 g/mol. The molecule has 2 saturated heterocycles. The van der Waals surface area contributed by atoms with Gasteiger partial charge in [0.1, 0.15) is 52.1 Å². The summed E-state index contributed by atoms with van der Waals surface area (Å²) in [4.78, 5) is 33.6. The summed E-state index contributed by atoms with van der Waals surface area (Å²) in [6.45, 7) is 11.6. The topological polar surface area (TPSA) is 280 Å². The van der Waals surface area contributed by atoms with Gasteiger partial charge in [-0.2, -0.15) is 9.97 Å². The lowest BCUT2D eigenvalue weighted by molar-refractivity contribution is 0.0267. The number of nitrogens with one attached hydrogen (secondary N) is 4. The molecule has 0 spiro atoms. The van der Waals surface area contributed by atoms with Gasteiger partial charge >= 0.3 is 6.09 Å². The monoisotopic (exact) mass is 996 g/mol. The third-order valence-corrected chi connectivity index (χ3v) is 11.4. The Kier molecular flexibility index (Phi) is 19.2. The minimum atomic E-state index is -0.397. The van der Waals surface area contributed by atoms with Crippen molar-refractivity contribution in [3.05, 3.63) is 137 Å². The van der Waals surface area contributed by atoms with Crippen LogP contribution >= 0.6 is 0 Å². The maximum absolute atomic E-state index is 12.4. The predicted octanol–water partition coefficient (Wildman–Crippen LogP) is 7.58. The largest absolute Gasteiger partial charge is 0.457 e. The molecule has 0 saturated carbocycles. The highest BCUT2D eigenvalue weighted by Gasteiger charge is 2.27. The minimum Gasteiger partial charge on any atom is -0.457 e. The summed E-state index contributed by atoms with van der Waals surface area (Å²) in [6.07, 6.45) is 1.32. The Morgan fingerprint density at radius 2 is 1.14 bits per heavy atom. The lowest BCUT2D eigenvalue weighted by atomic mass is 10.0. The molecule has 8 rings (SSSR count). The van der Waals surface area contributed by atoms with E-state index in [2.05, 4.69) is 42.4 Å². The Balaban J connectivity index is 0.000000214. The summed E-state index contributed by atoms with van der Waals surface area (Å²) in [5, 5.41) is 24.5. The minimum absolute atomic E-state index is 0.0306. The Morgan fingerprint density at radius 1 is 0.644 bits per heavy atom. The second kappa shape index (κ2) is 26.5. The van der Waals surface area contributed by atoms with Gasteiger partial charge in [0.25, 0.3) is 0 Å². The predicted molar refractivity (Wildman–Crippen MR) is 282 cm³/mol. The van der Waals surface area contributed by atoms with E-state index in [1.807, 2.05) is 91.9 Å². The number of amides is 1. The maximum atomic E-state index is 12.4. The van der Waals surface area contributed by atoms with Gasteiger partial charge in [-0.15, -0.1) is 0 Å². The van der Waals surface area contributed by atoms with Crippen LogP contribution in [-0.4, -0.2) is 132 Å². The van der Waals surface area contributed by atoms with E-state index in [4.69, 9.17) is 56.4 Å². The smallest absolute Gasteiger partial charge is 0.409 e. The molecule has 384 valence electrons. The molecule has 0 radical (unpaired) electrons. The molecule has 2 aromatic heterocycles. The molecule has 2 aliphatic heterocycles. The van der Waals surface area contributed by atoms with Gasteiger partial charge in [0.2, 0.25) is 5.95 Å². The molecule has 0 bridgehead atoms. The van der Waals surface area contributed by atoms with Gasteiger partial charge in [0.15, 0.2) is 0 Å². The fourth-order valence-electron chi connectivity index (χ4n) is 7.86. The zero-order valence-electron chi connectivity index (χ0n) is 41.5. The van der Waals surface area contributed by atoms with Crippen LogP contribution in [0.5, 0.6) is 23.0 Å². The number of aryl methyl sites for hydroxylation is 1. The Bertz CT molecular complexity index is 2740. The first kappa shape index (κ1) is 52.9. The first-order valence-electron chi connectivity index (χ1n) is 24.3. The molecule has 2 aliphatic rings. The van der Waals surface area contributed by atoms with Crippen molar-refractivity contribution in [2.45, 2.75) is 45.7 Å². The quantitative estimate of drug-likeness (QED) is 0.0323. The van der Waals surface area contributed by atoms with Crippen molar-refractivity contribution >= 4 is 46.7 Å². The van der Waals surface area contributed by atoms with Crippen molar-refractivity contribution in [2.24, 2.45) is 0 Å². The number of aromatic nitrogens is 4. The van der Waals surface area contributed by atoms with E-state index in [1.165, 1.54) is 0 Å². The lowest BCUT2D eigenvalue weighted by Crippen LogP contribution is -2.41. The number of benzene rings is 4. The number of carbonyl (C=O) groups excluding carboxylic acids is 1. The average Bonchev–Trinajstić information content (AvgIpc) is 3.77. The number of nitrogens with zero attached hydrogens (tertiary/aromatic N) is 6. The van der Waals surface area contributed by atoms with Crippen LogP contribution in [0, 0.1) is 17.7 Å². The molecule has 73 heavy (non-hydrogen) atoms. The van der Waals surface area contributed by atoms with Crippen LogP contribution in [0.3, 0.4) is 0 Å². The maximum Gasteiger partial charge on any atom is 0.409 e. The third kappa shape index (κ3) is 15.3. The van der Waals surface area contributed by atoms with Crippen LogP contribution in [0.15, 0.2) is 109 Å². The van der Waals surface area contributed by atoms with Gasteiger partial charge in [-0.05, 0) is 92.6 Å². The lowest BCUT2D eigenvalue weighted by Gasteiger charge is -2.25. The van der Waals surface area contributed by atoms with E-state index >= 15 is 0 Å². The van der Waals surface area contributed by atoms with E-state index in [0.717, 1.165) is 38.3 Å². The third-order valence-electron chi connectivity index (χ3n) is 11.4. The van der Waals surface area contributed by atoms with Crippen LogP contribution in [-0.2, 0) is 18.9 Å². The van der Waals surface area contributed by atoms with E-state index < -0.39 is 6.09 Å². The summed E-state index contributed by atoms with van der Waals surface area (Å²) in [5.74, 6) is 4.44.